The molecule has 0 N–H and O–H groups in total. The number of ether oxygens (including phenoxy) is 2. The average molecular weight is 370 g/mol. The van der Waals surface area contributed by atoms with Crippen LogP contribution in [0.2, 0.25) is 0 Å². The molecule has 0 saturated carbocycles. The van der Waals surface area contributed by atoms with Gasteiger partial charge < -0.3 is 14.4 Å². The van der Waals surface area contributed by atoms with Crippen LogP contribution in [0.5, 0.6) is 5.75 Å². The van der Waals surface area contributed by atoms with Gasteiger partial charge in [-0.05, 0) is 24.3 Å². The number of nitrogens with zero attached hydrogens (tertiary/aromatic N) is 1. The van der Waals surface area contributed by atoms with Crippen LogP contribution >= 0.6 is 15.9 Å². The Morgan fingerprint density at radius 2 is 1.90 bits per heavy atom. The molecule has 0 fully saturated rings. The van der Waals surface area contributed by atoms with Crippen LogP contribution in [0.3, 0.4) is 0 Å². The number of halogens is 4. The Kier molecular flexibility index (Phi) is 6.47. The molecule has 0 aliphatic heterocycles. The minimum absolute atomic E-state index is 0.0238. The summed E-state index contributed by atoms with van der Waals surface area (Å²) in [5.41, 5.74) is 0.282. The number of rotatable bonds is 6. The maximum absolute atomic E-state index is 12.1. The normalized spacial score (nSPS) is 12.9. The van der Waals surface area contributed by atoms with Crippen molar-refractivity contribution in [2.75, 3.05) is 27.3 Å². The highest BCUT2D eigenvalue weighted by Gasteiger charge is 2.31. The maximum Gasteiger partial charge on any atom is 0.573 e. The zero-order chi connectivity index (χ0) is 16.0. The molecule has 0 radical (unpaired) electrons. The van der Waals surface area contributed by atoms with Crippen LogP contribution in [0.25, 0.3) is 0 Å². The van der Waals surface area contributed by atoms with Gasteiger partial charge in [-0.25, -0.2) is 0 Å². The zero-order valence-electron chi connectivity index (χ0n) is 11.5. The second-order valence-electron chi connectivity index (χ2n) is 4.31. The Bertz CT molecular complexity index is 465. The Balaban J connectivity index is 2.66. The molecule has 1 aromatic carbocycles. The molecule has 1 amide bonds. The first-order chi connectivity index (χ1) is 9.73. The molecule has 0 aliphatic rings. The minimum Gasteiger partial charge on any atom is -0.406 e. The van der Waals surface area contributed by atoms with E-state index in [1.54, 1.807) is 14.2 Å². The molecule has 0 heterocycles. The van der Waals surface area contributed by atoms with Crippen LogP contribution in [0, 0.1) is 0 Å². The first-order valence-corrected chi connectivity index (χ1v) is 6.89. The maximum atomic E-state index is 12.1. The summed E-state index contributed by atoms with van der Waals surface area (Å²) in [5, 5.41) is 0. The third kappa shape index (κ3) is 6.34. The molecule has 1 aromatic rings. The highest BCUT2D eigenvalue weighted by Crippen LogP contribution is 2.23. The van der Waals surface area contributed by atoms with Gasteiger partial charge in [0, 0.05) is 26.3 Å². The highest BCUT2D eigenvalue weighted by atomic mass is 79.9. The smallest absolute Gasteiger partial charge is 0.406 e. The third-order valence-electron chi connectivity index (χ3n) is 2.50. The van der Waals surface area contributed by atoms with E-state index in [0.717, 1.165) is 12.1 Å². The number of hydrogen-bond donors (Lipinski definition) is 0. The quantitative estimate of drug-likeness (QED) is 0.723. The van der Waals surface area contributed by atoms with Crippen LogP contribution in [0.1, 0.15) is 10.4 Å². The molecule has 1 atom stereocenters. The summed E-state index contributed by atoms with van der Waals surface area (Å²) in [5.74, 6) is -0.659. The van der Waals surface area contributed by atoms with E-state index in [1.165, 1.54) is 17.0 Å². The number of methoxy groups -OCH3 is 1. The van der Waals surface area contributed by atoms with Gasteiger partial charge in [-0.15, -0.1) is 13.2 Å². The van der Waals surface area contributed by atoms with Gasteiger partial charge in [-0.1, -0.05) is 15.9 Å². The van der Waals surface area contributed by atoms with Crippen LogP contribution in [0.4, 0.5) is 13.2 Å². The van der Waals surface area contributed by atoms with E-state index in [9.17, 15) is 18.0 Å². The SMILES string of the molecule is COCC(Br)CN(C)C(=O)c1ccc(OC(F)(F)F)cc1. The van der Waals surface area contributed by atoms with Crippen molar-refractivity contribution in [1.29, 1.82) is 0 Å². The first kappa shape index (κ1) is 17.8. The molecule has 0 bridgehead atoms. The summed E-state index contributed by atoms with van der Waals surface area (Å²) in [6.45, 7) is 0.851. The number of amides is 1. The van der Waals surface area contributed by atoms with E-state index in [0.29, 0.717) is 13.2 Å². The fraction of sp³-hybridized carbons (Fsp3) is 0.462. The van der Waals surface area contributed by atoms with E-state index in [1.807, 2.05) is 0 Å². The number of carbonyl (C=O) groups excluding carboxylic acids is 1. The number of hydrogen-bond acceptors (Lipinski definition) is 3. The molecule has 0 saturated heterocycles. The van der Waals surface area contributed by atoms with Gasteiger partial charge in [0.25, 0.3) is 5.91 Å². The molecule has 118 valence electrons. The van der Waals surface area contributed by atoms with E-state index in [4.69, 9.17) is 4.74 Å². The fourth-order valence-electron chi connectivity index (χ4n) is 1.63. The number of alkyl halides is 4. The Hall–Kier alpha value is -1.28. The monoisotopic (exact) mass is 369 g/mol. The third-order valence-corrected chi connectivity index (χ3v) is 3.05. The fourth-order valence-corrected chi connectivity index (χ4v) is 2.33. The Labute approximate surface area is 128 Å². The molecular weight excluding hydrogens is 355 g/mol. The van der Waals surface area contributed by atoms with Crippen LogP contribution in [-0.2, 0) is 4.74 Å². The van der Waals surface area contributed by atoms with E-state index >= 15 is 0 Å². The lowest BCUT2D eigenvalue weighted by Gasteiger charge is -2.20. The Morgan fingerprint density at radius 3 is 2.38 bits per heavy atom. The van der Waals surface area contributed by atoms with Gasteiger partial charge in [-0.2, -0.15) is 0 Å². The van der Waals surface area contributed by atoms with Crippen molar-refractivity contribution in [2.45, 2.75) is 11.2 Å². The summed E-state index contributed by atoms with van der Waals surface area (Å²) in [6, 6.07) is 4.80. The molecule has 8 heteroatoms. The lowest BCUT2D eigenvalue weighted by atomic mass is 10.2. The molecular formula is C13H15BrF3NO3. The molecule has 0 aliphatic carbocycles. The highest BCUT2D eigenvalue weighted by molar-refractivity contribution is 9.09. The van der Waals surface area contributed by atoms with Gasteiger partial charge in [0.05, 0.1) is 11.4 Å². The largest absolute Gasteiger partial charge is 0.573 e. The van der Waals surface area contributed by atoms with Crippen molar-refractivity contribution in [2.24, 2.45) is 0 Å². The second-order valence-corrected chi connectivity index (χ2v) is 5.61. The number of benzene rings is 1. The predicted octanol–water partition coefficient (Wildman–Crippen LogP) is 3.07. The molecule has 1 rings (SSSR count). The lowest BCUT2D eigenvalue weighted by Crippen LogP contribution is -2.33. The van der Waals surface area contributed by atoms with Crippen LogP contribution < -0.4 is 4.74 Å². The average Bonchev–Trinajstić information content (AvgIpc) is 2.37. The van der Waals surface area contributed by atoms with Crippen LogP contribution in [-0.4, -0.2) is 49.3 Å². The van der Waals surface area contributed by atoms with Crippen molar-refractivity contribution < 1.29 is 27.4 Å². The molecule has 0 aromatic heterocycles. The summed E-state index contributed by atoms with van der Waals surface area (Å²) in [4.78, 5) is 13.5. The topological polar surface area (TPSA) is 38.8 Å². The van der Waals surface area contributed by atoms with Crippen molar-refractivity contribution in [1.82, 2.24) is 4.90 Å². The molecule has 1 unspecified atom stereocenters. The number of carbonyl (C=O) groups is 1. The van der Waals surface area contributed by atoms with Crippen molar-refractivity contribution >= 4 is 21.8 Å². The van der Waals surface area contributed by atoms with Crippen molar-refractivity contribution in [3.05, 3.63) is 29.8 Å². The summed E-state index contributed by atoms with van der Waals surface area (Å²) >= 11 is 3.36. The summed E-state index contributed by atoms with van der Waals surface area (Å²) in [6.07, 6.45) is -4.74. The van der Waals surface area contributed by atoms with Gasteiger partial charge in [0.1, 0.15) is 5.75 Å². The van der Waals surface area contributed by atoms with Gasteiger partial charge in [0.2, 0.25) is 0 Å². The summed E-state index contributed by atoms with van der Waals surface area (Å²) < 4.78 is 44.8. The Morgan fingerprint density at radius 1 is 1.33 bits per heavy atom. The van der Waals surface area contributed by atoms with Gasteiger partial charge in [-0.3, -0.25) is 4.79 Å². The predicted molar refractivity (Wildman–Crippen MR) is 74.7 cm³/mol. The van der Waals surface area contributed by atoms with E-state index in [2.05, 4.69) is 20.7 Å². The van der Waals surface area contributed by atoms with Gasteiger partial charge in [0.15, 0.2) is 0 Å². The van der Waals surface area contributed by atoms with Crippen LogP contribution in [0.15, 0.2) is 24.3 Å². The molecule has 0 spiro atoms. The second kappa shape index (κ2) is 7.65. The zero-order valence-corrected chi connectivity index (χ0v) is 13.1. The first-order valence-electron chi connectivity index (χ1n) is 5.97. The summed E-state index contributed by atoms with van der Waals surface area (Å²) in [7, 11) is 3.15. The van der Waals surface area contributed by atoms with Crippen molar-refractivity contribution in [3.8, 4) is 5.75 Å². The van der Waals surface area contributed by atoms with E-state index in [-0.39, 0.29) is 22.0 Å². The van der Waals surface area contributed by atoms with Crippen molar-refractivity contribution in [3.63, 3.8) is 0 Å². The van der Waals surface area contributed by atoms with E-state index < -0.39 is 6.36 Å². The molecule has 4 nitrogen and oxygen atoms in total. The van der Waals surface area contributed by atoms with Gasteiger partial charge >= 0.3 is 6.36 Å². The minimum atomic E-state index is -4.74. The molecule has 21 heavy (non-hydrogen) atoms. The lowest BCUT2D eigenvalue weighted by molar-refractivity contribution is -0.274. The standard InChI is InChI=1S/C13H15BrF3NO3/c1-18(7-10(14)8-20-2)12(19)9-3-5-11(6-4-9)21-13(15,16)17/h3-6,10H,7-8H2,1-2H3.